The summed E-state index contributed by atoms with van der Waals surface area (Å²) < 4.78 is 27.0. The van der Waals surface area contributed by atoms with E-state index in [4.69, 9.17) is 9.05 Å². The quantitative estimate of drug-likeness (QED) is 0.207. The highest BCUT2D eigenvalue weighted by molar-refractivity contribution is 7.48. The van der Waals surface area contributed by atoms with Gasteiger partial charge >= 0.3 is 7.82 Å². The second-order valence-corrected chi connectivity index (χ2v) is 14.1. The van der Waals surface area contributed by atoms with Gasteiger partial charge in [0.2, 0.25) is 0 Å². The van der Waals surface area contributed by atoms with Crippen molar-refractivity contribution in [1.82, 2.24) is 0 Å². The van der Waals surface area contributed by atoms with Gasteiger partial charge in [-0.2, -0.15) is 0 Å². The standard InChI is InChI=1S/C39H37O4P/c1-22-16-24(3)34(25(4)17-22)32-20-28-12-8-10-14-30(28)36-37-31-15-11-9-13-29(31)21-33(35-26(5)18-23(2)19-27(35)6)39(37,7)43-44(40,41)42-38(32)36/h8-21,33H,1-7H3,(H,40,41). The summed E-state index contributed by atoms with van der Waals surface area (Å²) in [7, 11) is -4.63. The zero-order valence-corrected chi connectivity index (χ0v) is 27.2. The third-order valence-electron chi connectivity index (χ3n) is 9.42. The summed E-state index contributed by atoms with van der Waals surface area (Å²) in [6, 6.07) is 27.3. The summed E-state index contributed by atoms with van der Waals surface area (Å²) in [5, 5.41) is 4.01. The van der Waals surface area contributed by atoms with Crippen LogP contribution in [0.2, 0.25) is 0 Å². The number of benzene rings is 5. The van der Waals surface area contributed by atoms with Crippen LogP contribution in [-0.4, -0.2) is 10.5 Å². The smallest absolute Gasteiger partial charge is 0.403 e. The summed E-state index contributed by atoms with van der Waals surface area (Å²) in [5.41, 5.74) is 10.1. The molecule has 5 heteroatoms. The highest BCUT2D eigenvalue weighted by atomic mass is 31.2. The molecule has 0 aromatic heterocycles. The number of rotatable bonds is 2. The summed E-state index contributed by atoms with van der Waals surface area (Å²) in [6.07, 6.45) is 2.20. The van der Waals surface area contributed by atoms with Crippen LogP contribution in [-0.2, 0) is 9.09 Å². The lowest BCUT2D eigenvalue weighted by molar-refractivity contribution is 0.0952. The van der Waals surface area contributed by atoms with E-state index in [2.05, 4.69) is 102 Å². The van der Waals surface area contributed by atoms with Gasteiger partial charge in [-0.25, -0.2) is 4.57 Å². The average molecular weight is 601 g/mol. The molecular formula is C39H37O4P. The van der Waals surface area contributed by atoms with Gasteiger partial charge in [0, 0.05) is 22.6 Å². The van der Waals surface area contributed by atoms with Gasteiger partial charge < -0.3 is 4.52 Å². The third-order valence-corrected chi connectivity index (χ3v) is 10.4. The molecule has 0 saturated heterocycles. The van der Waals surface area contributed by atoms with Gasteiger partial charge in [-0.05, 0) is 109 Å². The minimum absolute atomic E-state index is 0.353. The van der Waals surface area contributed by atoms with E-state index in [1.807, 2.05) is 31.2 Å². The van der Waals surface area contributed by atoms with Crippen molar-refractivity contribution in [3.63, 3.8) is 0 Å². The van der Waals surface area contributed by atoms with E-state index in [-0.39, 0.29) is 5.92 Å². The SMILES string of the molecule is Cc1cc(C)c(-c2cc3ccccc3c3c2OP(=O)(O)OC2(C)C3=c3ccccc3=CC2c2c(C)cc(C)cc2C)c(C)c1. The Morgan fingerprint density at radius 3 is 2.02 bits per heavy atom. The van der Waals surface area contributed by atoms with Gasteiger partial charge in [0.05, 0.1) is 0 Å². The Bertz CT molecular complexity index is 2170. The number of phosphoric ester groups is 1. The molecule has 4 nitrogen and oxygen atoms in total. The van der Waals surface area contributed by atoms with Crippen LogP contribution in [0.5, 0.6) is 5.75 Å². The first-order valence-electron chi connectivity index (χ1n) is 15.1. The molecular weight excluding hydrogens is 563 g/mol. The van der Waals surface area contributed by atoms with Crippen molar-refractivity contribution >= 4 is 30.2 Å². The Labute approximate surface area is 258 Å². The first kappa shape index (κ1) is 28.8. The molecule has 0 saturated carbocycles. The molecule has 0 spiro atoms. The van der Waals surface area contributed by atoms with Gasteiger partial charge in [0.1, 0.15) is 11.4 Å². The summed E-state index contributed by atoms with van der Waals surface area (Å²) in [5.74, 6) is 0.0319. The van der Waals surface area contributed by atoms with E-state index in [1.165, 1.54) is 5.56 Å². The van der Waals surface area contributed by atoms with Crippen LogP contribution >= 0.6 is 7.82 Å². The maximum Gasteiger partial charge on any atom is 0.528 e. The Morgan fingerprint density at radius 1 is 0.750 bits per heavy atom. The van der Waals surface area contributed by atoms with E-state index >= 15 is 0 Å². The number of hydrogen-bond acceptors (Lipinski definition) is 3. The van der Waals surface area contributed by atoms with Crippen molar-refractivity contribution in [2.45, 2.75) is 60.0 Å². The minimum atomic E-state index is -4.63. The molecule has 1 N–H and O–H groups in total. The Morgan fingerprint density at radius 2 is 1.34 bits per heavy atom. The molecule has 7 rings (SSSR count). The zero-order chi connectivity index (χ0) is 31.1. The van der Waals surface area contributed by atoms with Crippen LogP contribution in [0, 0.1) is 41.5 Å². The first-order chi connectivity index (χ1) is 20.9. The van der Waals surface area contributed by atoms with Crippen molar-refractivity contribution in [3.05, 3.63) is 134 Å². The van der Waals surface area contributed by atoms with E-state index in [1.54, 1.807) is 0 Å². The van der Waals surface area contributed by atoms with Gasteiger partial charge in [-0.15, -0.1) is 0 Å². The molecule has 3 atom stereocenters. The monoisotopic (exact) mass is 600 g/mol. The van der Waals surface area contributed by atoms with Crippen LogP contribution in [0.25, 0.3) is 33.5 Å². The number of fused-ring (bicyclic) bond motifs is 6. The molecule has 5 aromatic rings. The molecule has 1 heterocycles. The fourth-order valence-corrected chi connectivity index (χ4v) is 9.13. The van der Waals surface area contributed by atoms with Crippen LogP contribution in [0.3, 0.4) is 0 Å². The second kappa shape index (κ2) is 10.0. The van der Waals surface area contributed by atoms with Gasteiger partial charge in [-0.1, -0.05) is 90.0 Å². The van der Waals surface area contributed by atoms with Crippen molar-refractivity contribution < 1.29 is 18.5 Å². The van der Waals surface area contributed by atoms with E-state index in [0.29, 0.717) is 5.75 Å². The van der Waals surface area contributed by atoms with Gasteiger partial charge in [-0.3, -0.25) is 9.42 Å². The Balaban J connectivity index is 1.70. The fraction of sp³-hybridized carbons (Fsp3) is 0.231. The number of phosphoric acid groups is 1. The van der Waals surface area contributed by atoms with E-state index in [9.17, 15) is 9.46 Å². The summed E-state index contributed by atoms with van der Waals surface area (Å²) >= 11 is 0. The lowest BCUT2D eigenvalue weighted by atomic mass is 9.69. The van der Waals surface area contributed by atoms with Gasteiger partial charge in [0.15, 0.2) is 0 Å². The van der Waals surface area contributed by atoms with Crippen molar-refractivity contribution in [2.24, 2.45) is 0 Å². The molecule has 3 unspecified atom stereocenters. The van der Waals surface area contributed by atoms with Crippen LogP contribution in [0.4, 0.5) is 0 Å². The third kappa shape index (κ3) is 4.39. The van der Waals surface area contributed by atoms with Crippen molar-refractivity contribution in [1.29, 1.82) is 0 Å². The molecule has 0 amide bonds. The van der Waals surface area contributed by atoms with Crippen LogP contribution < -0.4 is 15.0 Å². The van der Waals surface area contributed by atoms with E-state index in [0.717, 1.165) is 76.9 Å². The van der Waals surface area contributed by atoms with E-state index < -0.39 is 13.4 Å². The average Bonchev–Trinajstić information content (AvgIpc) is 3.03. The molecule has 2 aliphatic rings. The molecule has 222 valence electrons. The van der Waals surface area contributed by atoms with Crippen LogP contribution in [0.1, 0.15) is 57.3 Å². The molecule has 1 aliphatic carbocycles. The second-order valence-electron chi connectivity index (χ2n) is 12.8. The lowest BCUT2D eigenvalue weighted by Gasteiger charge is -2.40. The minimum Gasteiger partial charge on any atom is -0.403 e. The maximum atomic E-state index is 14.2. The summed E-state index contributed by atoms with van der Waals surface area (Å²) in [4.78, 5) is 11.6. The Kier molecular flexibility index (Phi) is 6.57. The first-order valence-corrected chi connectivity index (χ1v) is 16.6. The molecule has 0 bridgehead atoms. The van der Waals surface area contributed by atoms with Crippen LogP contribution in [0.15, 0.2) is 78.9 Å². The zero-order valence-electron chi connectivity index (χ0n) is 26.3. The molecule has 0 radical (unpaired) electrons. The van der Waals surface area contributed by atoms with Crippen molar-refractivity contribution in [3.8, 4) is 16.9 Å². The van der Waals surface area contributed by atoms with Crippen molar-refractivity contribution in [2.75, 3.05) is 0 Å². The Hall–Kier alpha value is -3.95. The predicted octanol–water partition coefficient (Wildman–Crippen LogP) is 8.40. The highest BCUT2D eigenvalue weighted by Gasteiger charge is 2.52. The lowest BCUT2D eigenvalue weighted by Crippen LogP contribution is -2.47. The number of aryl methyl sites for hydroxylation is 6. The summed E-state index contributed by atoms with van der Waals surface area (Å²) in [6.45, 7) is 14.5. The predicted molar refractivity (Wildman–Crippen MR) is 180 cm³/mol. The molecule has 5 aromatic carbocycles. The molecule has 1 aliphatic heterocycles. The largest absolute Gasteiger partial charge is 0.528 e. The normalized spacial score (nSPS) is 22.4. The van der Waals surface area contributed by atoms with Gasteiger partial charge in [0.25, 0.3) is 0 Å². The fourth-order valence-electron chi connectivity index (χ4n) is 7.99. The topological polar surface area (TPSA) is 55.8 Å². The molecule has 0 fully saturated rings. The highest BCUT2D eigenvalue weighted by Crippen LogP contribution is 2.62. The number of hydrogen-bond donors (Lipinski definition) is 1. The maximum absolute atomic E-state index is 14.2. The molecule has 44 heavy (non-hydrogen) atoms.